The lowest BCUT2D eigenvalue weighted by Crippen LogP contribution is -2.48. The fraction of sp³-hybridized carbons (Fsp3) is 0.391. The molecule has 0 spiro atoms. The number of likely N-dealkylation sites (N-methyl/N-ethyl adjacent to an activating group) is 1. The number of hydrogen-bond acceptors (Lipinski definition) is 6. The molecule has 1 heterocycles. The first kappa shape index (κ1) is 23.4. The Morgan fingerprint density at radius 1 is 1.06 bits per heavy atom. The largest absolute Gasteiger partial charge is 0.384 e. The quantitative estimate of drug-likeness (QED) is 0.468. The Morgan fingerprint density at radius 3 is 2.38 bits per heavy atom. The molecular formula is C23H28N4O5. The molecule has 1 saturated heterocycles. The summed E-state index contributed by atoms with van der Waals surface area (Å²) in [6, 6.07) is 14.7. The van der Waals surface area contributed by atoms with E-state index in [4.69, 9.17) is 0 Å². The summed E-state index contributed by atoms with van der Waals surface area (Å²) < 4.78 is 0. The fourth-order valence-electron chi connectivity index (χ4n) is 3.67. The van der Waals surface area contributed by atoms with Gasteiger partial charge in [-0.2, -0.15) is 0 Å². The number of amides is 2. The first-order valence-corrected chi connectivity index (χ1v) is 10.6. The van der Waals surface area contributed by atoms with Crippen LogP contribution in [-0.4, -0.2) is 83.6 Å². The van der Waals surface area contributed by atoms with E-state index in [1.54, 1.807) is 23.1 Å². The van der Waals surface area contributed by atoms with Gasteiger partial charge in [-0.25, -0.2) is 0 Å². The normalized spacial score (nSPS) is 16.2. The fourth-order valence-corrected chi connectivity index (χ4v) is 3.67. The van der Waals surface area contributed by atoms with Gasteiger partial charge in [-0.15, -0.1) is 0 Å². The van der Waals surface area contributed by atoms with Gasteiger partial charge in [-0.05, 0) is 37.2 Å². The number of carbonyl (C=O) groups is 2. The van der Waals surface area contributed by atoms with Gasteiger partial charge in [0, 0.05) is 42.2 Å². The molecule has 2 atom stereocenters. The lowest BCUT2D eigenvalue weighted by atomic mass is 10.00. The van der Waals surface area contributed by atoms with E-state index < -0.39 is 29.5 Å². The highest BCUT2D eigenvalue weighted by Crippen LogP contribution is 2.13. The molecule has 170 valence electrons. The molecule has 0 unspecified atom stereocenters. The molecule has 1 aliphatic heterocycles. The Kier molecular flexibility index (Phi) is 7.91. The molecule has 0 saturated carbocycles. The van der Waals surface area contributed by atoms with Gasteiger partial charge in [0.05, 0.1) is 6.04 Å². The van der Waals surface area contributed by atoms with Crippen LogP contribution in [0.1, 0.15) is 26.3 Å². The van der Waals surface area contributed by atoms with Crippen LogP contribution in [0.5, 0.6) is 0 Å². The van der Waals surface area contributed by atoms with Crippen molar-refractivity contribution in [3.63, 3.8) is 0 Å². The first-order valence-electron chi connectivity index (χ1n) is 10.6. The van der Waals surface area contributed by atoms with Crippen molar-refractivity contribution >= 4 is 11.8 Å². The van der Waals surface area contributed by atoms with Crippen LogP contribution in [-0.2, 0) is 6.42 Å². The van der Waals surface area contributed by atoms with Crippen molar-refractivity contribution < 1.29 is 19.6 Å². The van der Waals surface area contributed by atoms with E-state index in [1.807, 2.05) is 37.4 Å². The van der Waals surface area contributed by atoms with Gasteiger partial charge < -0.3 is 20.2 Å². The zero-order chi connectivity index (χ0) is 23.1. The monoisotopic (exact) mass is 440 g/mol. The second-order valence-corrected chi connectivity index (χ2v) is 8.03. The number of carbonyl (C=O) groups excluding carboxylic acids is 2. The predicted octanol–water partition coefficient (Wildman–Crippen LogP) is 1.05. The van der Waals surface area contributed by atoms with Crippen molar-refractivity contribution in [2.75, 3.05) is 39.8 Å². The second-order valence-electron chi connectivity index (χ2n) is 8.03. The minimum atomic E-state index is -1.36. The van der Waals surface area contributed by atoms with E-state index in [0.717, 1.165) is 18.7 Å². The molecule has 9 nitrogen and oxygen atoms in total. The van der Waals surface area contributed by atoms with Crippen LogP contribution >= 0.6 is 0 Å². The molecule has 2 N–H and O–H groups in total. The summed E-state index contributed by atoms with van der Waals surface area (Å²) in [5.41, 5.74) is 1.50. The summed E-state index contributed by atoms with van der Waals surface area (Å²) in [7, 11) is 2.01. The molecule has 0 radical (unpaired) electrons. The van der Waals surface area contributed by atoms with Crippen molar-refractivity contribution in [2.45, 2.75) is 18.6 Å². The molecule has 1 fully saturated rings. The third-order valence-corrected chi connectivity index (χ3v) is 5.58. The Balaban J connectivity index is 1.73. The molecule has 0 bridgehead atoms. The maximum Gasteiger partial charge on any atom is 0.253 e. The van der Waals surface area contributed by atoms with Crippen LogP contribution in [0.3, 0.4) is 0 Å². The number of aliphatic hydroxyl groups excluding tert-OH is 1. The van der Waals surface area contributed by atoms with Gasteiger partial charge >= 0.3 is 0 Å². The smallest absolute Gasteiger partial charge is 0.253 e. The Hall–Kier alpha value is -3.30. The van der Waals surface area contributed by atoms with E-state index in [1.165, 1.54) is 6.07 Å². The number of nitrogens with one attached hydrogen (secondary N) is 1. The zero-order valence-corrected chi connectivity index (χ0v) is 18.0. The number of nitrogens with zero attached hydrogens (tertiary/aromatic N) is 3. The van der Waals surface area contributed by atoms with Gasteiger partial charge in [0.15, 0.2) is 0 Å². The number of benzene rings is 2. The zero-order valence-electron chi connectivity index (χ0n) is 18.0. The second kappa shape index (κ2) is 10.8. The summed E-state index contributed by atoms with van der Waals surface area (Å²) in [6.45, 7) is 2.15. The lowest BCUT2D eigenvalue weighted by molar-refractivity contribution is -0.491. The van der Waals surface area contributed by atoms with Crippen molar-refractivity contribution in [1.29, 1.82) is 0 Å². The van der Waals surface area contributed by atoms with Crippen LogP contribution in [0.4, 0.5) is 0 Å². The number of aliphatic hydroxyl groups is 1. The maximum atomic E-state index is 12.9. The third-order valence-electron chi connectivity index (χ3n) is 5.58. The van der Waals surface area contributed by atoms with Crippen molar-refractivity contribution in [3.8, 4) is 0 Å². The van der Waals surface area contributed by atoms with E-state index in [9.17, 15) is 24.8 Å². The summed E-state index contributed by atoms with van der Waals surface area (Å²) in [5, 5.41) is 24.0. The van der Waals surface area contributed by atoms with E-state index in [2.05, 4.69) is 10.2 Å². The van der Waals surface area contributed by atoms with Gasteiger partial charge in [-0.1, -0.05) is 36.4 Å². The van der Waals surface area contributed by atoms with Gasteiger partial charge in [0.2, 0.25) is 6.54 Å². The summed E-state index contributed by atoms with van der Waals surface area (Å²) in [5.74, 6) is -0.636. The number of hydrogen-bond donors (Lipinski definition) is 2. The predicted molar refractivity (Wildman–Crippen MR) is 119 cm³/mol. The summed E-state index contributed by atoms with van der Waals surface area (Å²) in [6.07, 6.45) is -1.12. The lowest BCUT2D eigenvalue weighted by Gasteiger charge is -2.32. The highest BCUT2D eigenvalue weighted by Gasteiger charge is 2.27. The molecule has 32 heavy (non-hydrogen) atoms. The highest BCUT2D eigenvalue weighted by molar-refractivity contribution is 5.99. The maximum absolute atomic E-state index is 12.9. The molecule has 2 amide bonds. The number of nitro groups is 1. The number of piperazine rings is 1. The Morgan fingerprint density at radius 2 is 1.72 bits per heavy atom. The van der Waals surface area contributed by atoms with E-state index in [0.29, 0.717) is 18.7 Å². The average Bonchev–Trinajstić information content (AvgIpc) is 2.79. The highest BCUT2D eigenvalue weighted by atomic mass is 16.6. The van der Waals surface area contributed by atoms with Crippen molar-refractivity contribution in [2.24, 2.45) is 0 Å². The van der Waals surface area contributed by atoms with E-state index >= 15 is 0 Å². The van der Waals surface area contributed by atoms with Crippen molar-refractivity contribution in [3.05, 3.63) is 81.4 Å². The van der Waals surface area contributed by atoms with Gasteiger partial charge in [-0.3, -0.25) is 19.7 Å². The minimum Gasteiger partial charge on any atom is -0.384 e. The molecule has 2 aromatic carbocycles. The topological polar surface area (TPSA) is 116 Å². The SMILES string of the molecule is CN1CCN(C(=O)c2cccc(C(=O)N[C@@H](Cc3ccccc3)[C@H](O)C[N+](=O)[O-])c2)CC1. The molecule has 2 aromatic rings. The van der Waals surface area contributed by atoms with Crippen LogP contribution < -0.4 is 5.32 Å². The first-order chi connectivity index (χ1) is 15.3. The molecule has 0 aliphatic carbocycles. The van der Waals surface area contributed by atoms with Crippen LogP contribution in [0.15, 0.2) is 54.6 Å². The minimum absolute atomic E-state index is 0.137. The third kappa shape index (κ3) is 6.35. The molecule has 9 heteroatoms. The van der Waals surface area contributed by atoms with Gasteiger partial charge in [0.1, 0.15) is 6.10 Å². The van der Waals surface area contributed by atoms with E-state index in [-0.39, 0.29) is 17.9 Å². The summed E-state index contributed by atoms with van der Waals surface area (Å²) in [4.78, 5) is 39.9. The summed E-state index contributed by atoms with van der Waals surface area (Å²) >= 11 is 0. The Bertz CT molecular complexity index is 944. The van der Waals surface area contributed by atoms with Crippen LogP contribution in [0.25, 0.3) is 0 Å². The van der Waals surface area contributed by atoms with Gasteiger partial charge in [0.25, 0.3) is 11.8 Å². The molecule has 0 aromatic heterocycles. The van der Waals surface area contributed by atoms with Crippen LogP contribution in [0.2, 0.25) is 0 Å². The average molecular weight is 441 g/mol. The van der Waals surface area contributed by atoms with Crippen molar-refractivity contribution in [1.82, 2.24) is 15.1 Å². The molecule has 1 aliphatic rings. The molecule has 3 rings (SSSR count). The number of rotatable bonds is 8. The molecular weight excluding hydrogens is 412 g/mol. The Labute approximate surface area is 186 Å². The standard InChI is InChI=1S/C23H28N4O5/c1-25-10-12-26(13-11-25)23(30)19-9-5-8-18(15-19)22(29)24-20(21(28)16-27(31)32)14-17-6-3-2-4-7-17/h2-9,15,20-21,28H,10-14,16H2,1H3,(H,24,29)/t20-,21+/m0/s1. The van der Waals surface area contributed by atoms with Crippen LogP contribution in [0, 0.1) is 10.1 Å².